The van der Waals surface area contributed by atoms with E-state index in [-0.39, 0.29) is 11.5 Å². The van der Waals surface area contributed by atoms with E-state index in [0.29, 0.717) is 22.3 Å². The molecule has 0 saturated heterocycles. The summed E-state index contributed by atoms with van der Waals surface area (Å²) in [6.07, 6.45) is 1.45. The van der Waals surface area contributed by atoms with Crippen molar-refractivity contribution in [2.75, 3.05) is 7.05 Å². The summed E-state index contributed by atoms with van der Waals surface area (Å²) in [6.45, 7) is 0. The first-order valence-corrected chi connectivity index (χ1v) is 9.21. The summed E-state index contributed by atoms with van der Waals surface area (Å²) in [5.74, 6) is -0.503. The highest BCUT2D eigenvalue weighted by Crippen LogP contribution is 2.41. The van der Waals surface area contributed by atoms with Gasteiger partial charge in [0.05, 0.1) is 5.56 Å². The van der Waals surface area contributed by atoms with Gasteiger partial charge in [0.2, 0.25) is 0 Å². The van der Waals surface area contributed by atoms with E-state index in [0.717, 1.165) is 0 Å². The lowest BCUT2D eigenvalue weighted by molar-refractivity contribution is -0.129. The van der Waals surface area contributed by atoms with Crippen molar-refractivity contribution in [2.45, 2.75) is 12.0 Å². The molecule has 1 aromatic carbocycles. The Hall–Kier alpha value is -4.19. The lowest BCUT2D eigenvalue weighted by Crippen LogP contribution is -2.41. The molecule has 31 heavy (non-hydrogen) atoms. The number of carbonyl (C=O) groups is 1. The molecule has 0 spiro atoms. The third-order valence-corrected chi connectivity index (χ3v) is 5.14. The maximum absolute atomic E-state index is 13.3. The van der Waals surface area contributed by atoms with Gasteiger partial charge < -0.3 is 5.73 Å². The van der Waals surface area contributed by atoms with E-state index in [2.05, 4.69) is 15.0 Å². The van der Waals surface area contributed by atoms with E-state index in [1.165, 1.54) is 36.5 Å². The fourth-order valence-electron chi connectivity index (χ4n) is 3.56. The monoisotopic (exact) mass is 418 g/mol. The number of nitrogens with zero attached hydrogens (tertiary/aromatic N) is 5. The summed E-state index contributed by atoms with van der Waals surface area (Å²) in [5, 5.41) is 9.15. The highest BCUT2D eigenvalue weighted by atomic mass is 19.3. The molecule has 9 heteroatoms. The second-order valence-electron chi connectivity index (χ2n) is 6.97. The fourth-order valence-corrected chi connectivity index (χ4v) is 3.56. The molecule has 0 saturated carbocycles. The zero-order valence-corrected chi connectivity index (χ0v) is 16.3. The molecule has 0 bridgehead atoms. The molecule has 154 valence electrons. The predicted octanol–water partition coefficient (Wildman–Crippen LogP) is 2.98. The second kappa shape index (κ2) is 7.57. The highest BCUT2D eigenvalue weighted by Gasteiger charge is 2.49. The Morgan fingerprint density at radius 2 is 1.90 bits per heavy atom. The molecule has 0 aliphatic carbocycles. The Labute approximate surface area is 176 Å². The molecule has 3 aromatic rings. The highest BCUT2D eigenvalue weighted by molar-refractivity contribution is 6.09. The van der Waals surface area contributed by atoms with Crippen LogP contribution in [0.3, 0.4) is 0 Å². The predicted molar refractivity (Wildman–Crippen MR) is 109 cm³/mol. The number of rotatable bonds is 4. The van der Waals surface area contributed by atoms with Crippen LogP contribution in [-0.4, -0.2) is 33.8 Å². The minimum atomic E-state index is -2.81. The van der Waals surface area contributed by atoms with Gasteiger partial charge in [-0.2, -0.15) is 5.26 Å². The normalized spacial score (nSPS) is 18.2. The van der Waals surface area contributed by atoms with Gasteiger partial charge in [-0.05, 0) is 41.0 Å². The van der Waals surface area contributed by atoms with E-state index in [1.807, 2.05) is 6.07 Å². The zero-order chi connectivity index (χ0) is 22.2. The summed E-state index contributed by atoms with van der Waals surface area (Å²) >= 11 is 0. The molecule has 2 aromatic heterocycles. The Kier molecular flexibility index (Phi) is 4.91. The van der Waals surface area contributed by atoms with Crippen LogP contribution in [0, 0.1) is 11.3 Å². The minimum absolute atomic E-state index is 0.0287. The topological polar surface area (TPSA) is 108 Å². The minimum Gasteiger partial charge on any atom is -0.369 e. The van der Waals surface area contributed by atoms with Gasteiger partial charge in [-0.3, -0.25) is 19.7 Å². The number of hydrogen-bond donors (Lipinski definition) is 1. The van der Waals surface area contributed by atoms with Gasteiger partial charge in [0, 0.05) is 31.2 Å². The van der Waals surface area contributed by atoms with Crippen LogP contribution in [0.25, 0.3) is 11.1 Å². The van der Waals surface area contributed by atoms with Crippen LogP contribution in [0.15, 0.2) is 66.0 Å². The average molecular weight is 418 g/mol. The number of likely N-dealkylation sites (N-methyl/N-ethyl adjacent to an activating group) is 1. The summed E-state index contributed by atoms with van der Waals surface area (Å²) in [4.78, 5) is 26.7. The van der Waals surface area contributed by atoms with Crippen molar-refractivity contribution in [2.24, 2.45) is 10.7 Å². The van der Waals surface area contributed by atoms with E-state index in [4.69, 9.17) is 11.0 Å². The number of guanidine groups is 1. The first kappa shape index (κ1) is 20.1. The number of nitrogens with two attached hydrogens (primary N) is 1. The number of pyridine rings is 2. The van der Waals surface area contributed by atoms with Crippen molar-refractivity contribution in [3.05, 3.63) is 83.4 Å². The van der Waals surface area contributed by atoms with Gasteiger partial charge in [0.15, 0.2) is 11.5 Å². The molecule has 1 amide bonds. The molecule has 3 heterocycles. The molecule has 0 radical (unpaired) electrons. The standard InChI is InChI=1S/C22H16F2N6O/c1-30-20(31)22(29-21(30)26,17-5-6-28-18(9-17)19(23)24)16-4-2-3-14(8-16)15-7-13(10-25)11-27-12-15/h2-9,11-12,19H,1H3,(H2,26,29). The maximum atomic E-state index is 13.3. The van der Waals surface area contributed by atoms with Gasteiger partial charge >= 0.3 is 0 Å². The van der Waals surface area contributed by atoms with Crippen LogP contribution in [0.2, 0.25) is 0 Å². The fraction of sp³-hybridized carbons (Fsp3) is 0.136. The summed E-state index contributed by atoms with van der Waals surface area (Å²) in [5.41, 5.74) is 6.25. The van der Waals surface area contributed by atoms with Gasteiger partial charge in [-0.15, -0.1) is 0 Å². The van der Waals surface area contributed by atoms with Crippen molar-refractivity contribution >= 4 is 11.9 Å². The first-order chi connectivity index (χ1) is 14.9. The molecule has 1 aliphatic heterocycles. The van der Waals surface area contributed by atoms with Crippen LogP contribution in [-0.2, 0) is 10.3 Å². The van der Waals surface area contributed by atoms with E-state index in [9.17, 15) is 13.6 Å². The van der Waals surface area contributed by atoms with E-state index in [1.54, 1.807) is 36.5 Å². The lowest BCUT2D eigenvalue weighted by atomic mass is 9.82. The molecule has 1 unspecified atom stereocenters. The molecule has 0 fully saturated rings. The molecule has 7 nitrogen and oxygen atoms in total. The molecular weight excluding hydrogens is 402 g/mol. The Morgan fingerprint density at radius 3 is 2.58 bits per heavy atom. The second-order valence-corrected chi connectivity index (χ2v) is 6.97. The number of halogens is 2. The van der Waals surface area contributed by atoms with Gasteiger partial charge in [-0.1, -0.05) is 18.2 Å². The van der Waals surface area contributed by atoms with Crippen molar-refractivity contribution in [1.82, 2.24) is 14.9 Å². The Bertz CT molecular complexity index is 1250. The largest absolute Gasteiger partial charge is 0.369 e. The first-order valence-electron chi connectivity index (χ1n) is 9.21. The number of hydrogen-bond acceptors (Lipinski definition) is 6. The summed E-state index contributed by atoms with van der Waals surface area (Å²) < 4.78 is 26.6. The number of carbonyl (C=O) groups excluding carboxylic acids is 1. The van der Waals surface area contributed by atoms with Crippen LogP contribution in [0.4, 0.5) is 8.78 Å². The van der Waals surface area contributed by atoms with Crippen LogP contribution >= 0.6 is 0 Å². The number of alkyl halides is 2. The van der Waals surface area contributed by atoms with Crippen LogP contribution < -0.4 is 5.73 Å². The van der Waals surface area contributed by atoms with Crippen molar-refractivity contribution < 1.29 is 13.6 Å². The van der Waals surface area contributed by atoms with Crippen LogP contribution in [0.1, 0.15) is 28.8 Å². The SMILES string of the molecule is CN1C(=O)C(c2cccc(-c3cncc(C#N)c3)c2)(c2ccnc(C(F)F)c2)N=C1N. The molecule has 1 aliphatic rings. The molecular formula is C22H16F2N6O. The number of benzene rings is 1. The van der Waals surface area contributed by atoms with E-state index < -0.39 is 23.6 Å². The zero-order valence-electron chi connectivity index (χ0n) is 16.3. The quantitative estimate of drug-likeness (QED) is 0.701. The average Bonchev–Trinajstić information content (AvgIpc) is 3.04. The smallest absolute Gasteiger partial charge is 0.280 e. The third kappa shape index (κ3) is 3.28. The number of nitriles is 1. The van der Waals surface area contributed by atoms with Crippen molar-refractivity contribution in [3.8, 4) is 17.2 Å². The molecule has 1 atom stereocenters. The summed E-state index contributed by atoms with van der Waals surface area (Å²) in [6, 6.07) is 13.3. The van der Waals surface area contributed by atoms with Gasteiger partial charge in [0.25, 0.3) is 12.3 Å². The number of amides is 1. The van der Waals surface area contributed by atoms with Gasteiger partial charge in [-0.25, -0.2) is 13.8 Å². The molecule has 4 rings (SSSR count). The Balaban J connectivity index is 1.94. The van der Waals surface area contributed by atoms with E-state index >= 15 is 0 Å². The summed E-state index contributed by atoms with van der Waals surface area (Å²) in [7, 11) is 1.47. The van der Waals surface area contributed by atoms with Crippen molar-refractivity contribution in [3.63, 3.8) is 0 Å². The number of aliphatic imine (C=N–C) groups is 1. The number of aromatic nitrogens is 2. The Morgan fingerprint density at radius 1 is 1.13 bits per heavy atom. The van der Waals surface area contributed by atoms with Crippen molar-refractivity contribution in [1.29, 1.82) is 5.26 Å². The lowest BCUT2D eigenvalue weighted by Gasteiger charge is -2.26. The van der Waals surface area contributed by atoms with Crippen LogP contribution in [0.5, 0.6) is 0 Å². The van der Waals surface area contributed by atoms with Gasteiger partial charge in [0.1, 0.15) is 11.8 Å². The molecule has 2 N–H and O–H groups in total. The maximum Gasteiger partial charge on any atom is 0.280 e. The third-order valence-electron chi connectivity index (χ3n) is 5.14.